The fourth-order valence-electron chi connectivity index (χ4n) is 2.59. The molecule has 3 aromatic rings. The van der Waals surface area contributed by atoms with Crippen molar-refractivity contribution in [1.82, 2.24) is 9.97 Å². The van der Waals surface area contributed by atoms with Gasteiger partial charge in [0.2, 0.25) is 5.95 Å². The highest BCUT2D eigenvalue weighted by Crippen LogP contribution is 2.36. The predicted molar refractivity (Wildman–Crippen MR) is 91.7 cm³/mol. The molecule has 1 aromatic heterocycles. The molecule has 28 heavy (non-hydrogen) atoms. The van der Waals surface area contributed by atoms with Crippen molar-refractivity contribution in [3.05, 3.63) is 65.0 Å². The molecule has 10 heteroatoms. The molecule has 2 N–H and O–H groups in total. The van der Waals surface area contributed by atoms with Crippen molar-refractivity contribution in [2.45, 2.75) is 12.1 Å². The van der Waals surface area contributed by atoms with Gasteiger partial charge in [0.25, 0.3) is 0 Å². The summed E-state index contributed by atoms with van der Waals surface area (Å²) in [6, 6.07) is 5.03. The van der Waals surface area contributed by atoms with E-state index in [1.54, 1.807) is 0 Å². The van der Waals surface area contributed by atoms with Crippen LogP contribution in [0.25, 0.3) is 22.5 Å². The van der Waals surface area contributed by atoms with Gasteiger partial charge in [0.1, 0.15) is 23.0 Å². The first-order valence-corrected chi connectivity index (χ1v) is 8.19. The zero-order valence-electron chi connectivity index (χ0n) is 13.8. The lowest BCUT2D eigenvalue weighted by molar-refractivity contribution is -0.137. The van der Waals surface area contributed by atoms with Crippen LogP contribution >= 0.6 is 11.6 Å². The Morgan fingerprint density at radius 3 is 2.21 bits per heavy atom. The molecule has 3 nitrogen and oxygen atoms in total. The summed E-state index contributed by atoms with van der Waals surface area (Å²) in [4.78, 5) is 7.27. The molecule has 0 aliphatic carbocycles. The van der Waals surface area contributed by atoms with Crippen molar-refractivity contribution in [3.8, 4) is 22.5 Å². The third-order valence-electron chi connectivity index (χ3n) is 3.80. The normalized spacial score (nSPS) is 11.7. The number of aromatic nitrogens is 2. The van der Waals surface area contributed by atoms with Gasteiger partial charge in [-0.25, -0.2) is 23.1 Å². The second kappa shape index (κ2) is 7.31. The summed E-state index contributed by atoms with van der Waals surface area (Å²) >= 11 is 5.64. The fraction of sp³-hybridized carbons (Fsp3) is 0.111. The van der Waals surface area contributed by atoms with Gasteiger partial charge >= 0.3 is 6.18 Å². The Balaban J connectivity index is 2.25. The lowest BCUT2D eigenvalue weighted by Crippen LogP contribution is -2.08. The quantitative estimate of drug-likeness (QED) is 0.448. The molecule has 0 saturated heterocycles. The van der Waals surface area contributed by atoms with Crippen LogP contribution in [0.2, 0.25) is 0 Å². The van der Waals surface area contributed by atoms with Gasteiger partial charge in [-0.1, -0.05) is 0 Å². The number of hydrogen-bond acceptors (Lipinski definition) is 3. The molecule has 0 spiro atoms. The van der Waals surface area contributed by atoms with E-state index in [0.29, 0.717) is 12.1 Å². The van der Waals surface area contributed by atoms with Crippen molar-refractivity contribution in [2.24, 2.45) is 0 Å². The first-order valence-electron chi connectivity index (χ1n) is 7.66. The Kier molecular flexibility index (Phi) is 5.20. The number of nitrogens with two attached hydrogens (primary N) is 1. The maximum absolute atomic E-state index is 15.0. The van der Waals surface area contributed by atoms with Crippen LogP contribution in [0.4, 0.5) is 32.3 Å². The van der Waals surface area contributed by atoms with Gasteiger partial charge in [-0.3, -0.25) is 0 Å². The number of alkyl halides is 4. The Bertz CT molecular complexity index is 1050. The van der Waals surface area contributed by atoms with Crippen LogP contribution in [0.3, 0.4) is 0 Å². The number of nitrogen functional groups attached to an aromatic ring is 1. The average Bonchev–Trinajstić information content (AvgIpc) is 2.62. The molecule has 0 bridgehead atoms. The molecule has 0 unspecified atom stereocenters. The molecule has 0 fully saturated rings. The molecule has 0 aliphatic heterocycles. The Morgan fingerprint density at radius 1 is 0.929 bits per heavy atom. The zero-order chi connectivity index (χ0) is 20.6. The summed E-state index contributed by atoms with van der Waals surface area (Å²) in [6.45, 7) is 0. The van der Waals surface area contributed by atoms with Crippen LogP contribution in [0.5, 0.6) is 0 Å². The van der Waals surface area contributed by atoms with Gasteiger partial charge < -0.3 is 5.73 Å². The maximum atomic E-state index is 15.0. The number of anilines is 1. The van der Waals surface area contributed by atoms with Gasteiger partial charge in [-0.2, -0.15) is 13.2 Å². The molecule has 146 valence electrons. The van der Waals surface area contributed by atoms with E-state index >= 15 is 4.39 Å². The Labute approximate surface area is 159 Å². The number of hydrogen-bond donors (Lipinski definition) is 1. The van der Waals surface area contributed by atoms with Crippen LogP contribution in [-0.2, 0) is 12.1 Å². The number of nitrogens with zero attached hydrogens (tertiary/aromatic N) is 2. The average molecular weight is 418 g/mol. The molecule has 1 heterocycles. The van der Waals surface area contributed by atoms with Crippen LogP contribution in [-0.4, -0.2) is 9.97 Å². The molecule has 0 amide bonds. The highest BCUT2D eigenvalue weighted by molar-refractivity contribution is 6.17. The Hall–Kier alpha value is -2.81. The zero-order valence-corrected chi connectivity index (χ0v) is 14.5. The van der Waals surface area contributed by atoms with E-state index in [1.165, 1.54) is 6.07 Å². The minimum atomic E-state index is -4.71. The first-order chi connectivity index (χ1) is 13.1. The van der Waals surface area contributed by atoms with Crippen molar-refractivity contribution in [1.29, 1.82) is 0 Å². The van der Waals surface area contributed by atoms with Crippen molar-refractivity contribution in [2.75, 3.05) is 5.73 Å². The summed E-state index contributed by atoms with van der Waals surface area (Å²) < 4.78 is 81.6. The van der Waals surface area contributed by atoms with Gasteiger partial charge in [0, 0.05) is 23.1 Å². The third kappa shape index (κ3) is 3.89. The van der Waals surface area contributed by atoms with Crippen LogP contribution < -0.4 is 5.73 Å². The van der Waals surface area contributed by atoms with E-state index in [1.807, 2.05) is 0 Å². The van der Waals surface area contributed by atoms with Crippen LogP contribution in [0.1, 0.15) is 11.1 Å². The molecule has 0 atom stereocenters. The van der Waals surface area contributed by atoms with Gasteiger partial charge in [0.05, 0.1) is 5.56 Å². The molecule has 0 aliphatic rings. The van der Waals surface area contributed by atoms with Crippen molar-refractivity contribution in [3.63, 3.8) is 0 Å². The SMILES string of the molecule is Nc1nc(-c2cc(CCl)cc(C(F)(F)F)c2)c(F)c(-c2ccc(F)cc2F)n1. The van der Waals surface area contributed by atoms with Crippen molar-refractivity contribution < 1.29 is 26.3 Å². The van der Waals surface area contributed by atoms with Gasteiger partial charge in [0.15, 0.2) is 5.82 Å². The van der Waals surface area contributed by atoms with Crippen LogP contribution in [0.15, 0.2) is 36.4 Å². The van der Waals surface area contributed by atoms with Crippen molar-refractivity contribution >= 4 is 17.5 Å². The molecular weight excluding hydrogens is 408 g/mol. The molecule has 3 rings (SSSR count). The van der Waals surface area contributed by atoms with Crippen LogP contribution in [0, 0.1) is 17.5 Å². The summed E-state index contributed by atoms with van der Waals surface area (Å²) in [6.07, 6.45) is -4.71. The van der Waals surface area contributed by atoms with E-state index in [2.05, 4.69) is 9.97 Å². The largest absolute Gasteiger partial charge is 0.416 e. The molecule has 2 aromatic carbocycles. The molecular formula is C18H10ClF6N3. The monoisotopic (exact) mass is 417 g/mol. The number of halogens is 7. The van der Waals surface area contributed by atoms with E-state index in [0.717, 1.165) is 18.2 Å². The topological polar surface area (TPSA) is 51.8 Å². The highest BCUT2D eigenvalue weighted by Gasteiger charge is 2.32. The first kappa shape index (κ1) is 19.9. The fourth-order valence-corrected chi connectivity index (χ4v) is 2.74. The third-order valence-corrected chi connectivity index (χ3v) is 4.11. The lowest BCUT2D eigenvalue weighted by atomic mass is 10.0. The maximum Gasteiger partial charge on any atom is 0.416 e. The Morgan fingerprint density at radius 2 is 1.61 bits per heavy atom. The van der Waals surface area contributed by atoms with E-state index in [-0.39, 0.29) is 17.0 Å². The second-order valence-corrected chi connectivity index (χ2v) is 6.03. The summed E-state index contributed by atoms with van der Waals surface area (Å²) in [5, 5.41) is 0. The van der Waals surface area contributed by atoms with E-state index in [9.17, 15) is 22.0 Å². The van der Waals surface area contributed by atoms with E-state index < -0.39 is 52.1 Å². The second-order valence-electron chi connectivity index (χ2n) is 5.77. The predicted octanol–water partition coefficient (Wildman–Crippen LogP) is 5.57. The van der Waals surface area contributed by atoms with Gasteiger partial charge in [-0.05, 0) is 35.9 Å². The minimum Gasteiger partial charge on any atom is -0.368 e. The summed E-state index contributed by atoms with van der Waals surface area (Å²) in [5.74, 6) is -3.99. The standard InChI is InChI=1S/C18H10ClF6N3/c19-7-8-3-9(5-10(4-8)18(23,24)25)15-14(22)16(28-17(26)27-15)12-2-1-11(20)6-13(12)21/h1-6H,7H2,(H2,26,27,28). The smallest absolute Gasteiger partial charge is 0.368 e. The lowest BCUT2D eigenvalue weighted by Gasteiger charge is -2.13. The van der Waals surface area contributed by atoms with Gasteiger partial charge in [-0.15, -0.1) is 11.6 Å². The molecule has 0 saturated carbocycles. The van der Waals surface area contributed by atoms with E-state index in [4.69, 9.17) is 17.3 Å². The summed E-state index contributed by atoms with van der Waals surface area (Å²) in [7, 11) is 0. The number of benzene rings is 2. The minimum absolute atomic E-state index is 0.0672. The number of rotatable bonds is 3. The molecule has 0 radical (unpaired) electrons. The highest BCUT2D eigenvalue weighted by atomic mass is 35.5. The summed E-state index contributed by atoms with van der Waals surface area (Å²) in [5.41, 5.74) is 2.69.